The minimum Gasteiger partial charge on any atom is -0.393 e. The monoisotopic (exact) mass is 513 g/mol. The third kappa shape index (κ3) is 5.18. The van der Waals surface area contributed by atoms with Crippen LogP contribution in [0.4, 0.5) is 20.2 Å². The fourth-order valence-electron chi connectivity index (χ4n) is 6.66. The molecule has 6 nitrogen and oxygen atoms in total. The number of fused-ring (bicyclic) bond motifs is 1. The first-order valence-corrected chi connectivity index (χ1v) is 13.5. The molecule has 200 valence electrons. The number of hydrogen-bond acceptors (Lipinski definition) is 5. The van der Waals surface area contributed by atoms with Gasteiger partial charge in [-0.1, -0.05) is 49.6 Å². The van der Waals surface area contributed by atoms with Gasteiger partial charge in [0.05, 0.1) is 23.4 Å². The van der Waals surface area contributed by atoms with Gasteiger partial charge in [-0.05, 0) is 50.0 Å². The molecule has 2 aromatic carbocycles. The molecule has 1 heterocycles. The third-order valence-corrected chi connectivity index (χ3v) is 8.43. The van der Waals surface area contributed by atoms with Crippen LogP contribution in [-0.2, 0) is 9.53 Å². The predicted octanol–water partition coefficient (Wildman–Crippen LogP) is 5.50. The molecule has 1 amide bonds. The molecule has 4 N–H and O–H groups in total. The molecule has 2 aliphatic carbocycles. The van der Waals surface area contributed by atoms with Gasteiger partial charge in [0.2, 0.25) is 5.91 Å². The van der Waals surface area contributed by atoms with E-state index in [1.165, 1.54) is 0 Å². The van der Waals surface area contributed by atoms with E-state index in [1.807, 2.05) is 30.3 Å². The van der Waals surface area contributed by atoms with Crippen LogP contribution in [0, 0.1) is 23.5 Å². The summed E-state index contributed by atoms with van der Waals surface area (Å²) < 4.78 is 34.7. The number of aliphatic hydroxyl groups excluding tert-OH is 1. The molecule has 2 unspecified atom stereocenters. The second kappa shape index (κ2) is 11.0. The summed E-state index contributed by atoms with van der Waals surface area (Å²) in [5.74, 6) is -2.52. The lowest BCUT2D eigenvalue weighted by Gasteiger charge is -2.47. The van der Waals surface area contributed by atoms with E-state index in [4.69, 9.17) is 4.74 Å². The largest absolute Gasteiger partial charge is 0.393 e. The summed E-state index contributed by atoms with van der Waals surface area (Å²) in [6, 6.07) is 11.9. The Kier molecular flexibility index (Phi) is 7.67. The number of carbonyl (C=O) groups is 1. The summed E-state index contributed by atoms with van der Waals surface area (Å²) in [5.41, 5.74) is 0.504. The van der Waals surface area contributed by atoms with Crippen LogP contribution in [0.25, 0.3) is 0 Å². The molecular weight excluding hydrogens is 476 g/mol. The summed E-state index contributed by atoms with van der Waals surface area (Å²) >= 11 is 0. The van der Waals surface area contributed by atoms with Gasteiger partial charge in [0.15, 0.2) is 17.3 Å². The number of anilines is 2. The Balaban J connectivity index is 1.58. The zero-order chi connectivity index (χ0) is 26.0. The van der Waals surface area contributed by atoms with E-state index in [-0.39, 0.29) is 24.0 Å². The molecule has 2 atom stereocenters. The number of rotatable bonds is 7. The number of methoxy groups -OCH3 is 1. The van der Waals surface area contributed by atoms with Crippen molar-refractivity contribution < 1.29 is 23.4 Å². The van der Waals surface area contributed by atoms with E-state index in [9.17, 15) is 18.7 Å². The van der Waals surface area contributed by atoms with Crippen LogP contribution in [0.3, 0.4) is 0 Å². The minimum atomic E-state index is -1.17. The van der Waals surface area contributed by atoms with Crippen LogP contribution in [-0.4, -0.2) is 35.9 Å². The number of carbonyl (C=O) groups excluding carboxylic acids is 1. The molecular formula is C29H37F2N3O3. The van der Waals surface area contributed by atoms with Crippen LogP contribution >= 0.6 is 0 Å². The van der Waals surface area contributed by atoms with Gasteiger partial charge in [-0.25, -0.2) is 8.78 Å². The lowest BCUT2D eigenvalue weighted by Crippen LogP contribution is -2.62. The summed E-state index contributed by atoms with van der Waals surface area (Å²) in [5, 5.41) is 20.1. The highest BCUT2D eigenvalue weighted by Crippen LogP contribution is 2.50. The smallest absolute Gasteiger partial charge is 0.228 e. The number of nitrogens with one attached hydrogen (secondary N) is 3. The Morgan fingerprint density at radius 1 is 0.973 bits per heavy atom. The molecule has 8 heteroatoms. The Hall–Kier alpha value is -2.71. The zero-order valence-corrected chi connectivity index (χ0v) is 21.3. The van der Waals surface area contributed by atoms with Crippen LogP contribution in [0.5, 0.6) is 0 Å². The van der Waals surface area contributed by atoms with Gasteiger partial charge in [0.1, 0.15) is 6.10 Å². The molecule has 3 aliphatic rings. The van der Waals surface area contributed by atoms with Gasteiger partial charge in [-0.15, -0.1) is 0 Å². The van der Waals surface area contributed by atoms with Crippen molar-refractivity contribution in [1.29, 1.82) is 0 Å². The zero-order valence-electron chi connectivity index (χ0n) is 21.3. The second-order valence-corrected chi connectivity index (χ2v) is 10.8. The Labute approximate surface area is 217 Å². The quantitative estimate of drug-likeness (QED) is 0.393. The maximum Gasteiger partial charge on any atom is 0.228 e. The van der Waals surface area contributed by atoms with Gasteiger partial charge in [-0.2, -0.15) is 0 Å². The number of benzene rings is 2. The molecule has 0 aromatic heterocycles. The Morgan fingerprint density at radius 3 is 2.14 bits per heavy atom. The lowest BCUT2D eigenvalue weighted by molar-refractivity contribution is -0.133. The van der Waals surface area contributed by atoms with E-state index in [1.54, 1.807) is 7.11 Å². The molecule has 0 radical (unpaired) electrons. The first-order chi connectivity index (χ1) is 17.9. The number of aliphatic hydroxyl groups is 1. The fraction of sp³-hybridized carbons (Fsp3) is 0.552. The first kappa shape index (κ1) is 25.9. The number of halogens is 2. The molecule has 0 spiro atoms. The molecule has 0 saturated heterocycles. The van der Waals surface area contributed by atoms with Crippen molar-refractivity contribution in [2.75, 3.05) is 17.7 Å². The lowest BCUT2D eigenvalue weighted by atomic mass is 9.70. The third-order valence-electron chi connectivity index (χ3n) is 8.43. The van der Waals surface area contributed by atoms with Crippen LogP contribution < -0.4 is 16.0 Å². The molecule has 5 rings (SSSR count). The van der Waals surface area contributed by atoms with E-state index in [0.29, 0.717) is 24.2 Å². The van der Waals surface area contributed by atoms with Crippen LogP contribution in [0.2, 0.25) is 0 Å². The molecule has 2 aromatic rings. The van der Waals surface area contributed by atoms with Gasteiger partial charge < -0.3 is 25.8 Å². The number of ether oxygens (including phenoxy) is 1. The van der Waals surface area contributed by atoms with Crippen molar-refractivity contribution in [3.8, 4) is 0 Å². The Morgan fingerprint density at radius 2 is 1.57 bits per heavy atom. The van der Waals surface area contributed by atoms with Crippen molar-refractivity contribution in [2.45, 2.75) is 81.7 Å². The average Bonchev–Trinajstić information content (AvgIpc) is 3.25. The highest BCUT2D eigenvalue weighted by molar-refractivity contribution is 5.86. The van der Waals surface area contributed by atoms with Crippen molar-refractivity contribution in [1.82, 2.24) is 5.32 Å². The second-order valence-electron chi connectivity index (χ2n) is 10.8. The van der Waals surface area contributed by atoms with Crippen LogP contribution in [0.15, 0.2) is 42.5 Å². The minimum absolute atomic E-state index is 0.0181. The van der Waals surface area contributed by atoms with E-state index < -0.39 is 29.3 Å². The summed E-state index contributed by atoms with van der Waals surface area (Å²) in [7, 11) is 1.60. The van der Waals surface area contributed by atoms with Crippen molar-refractivity contribution in [3.63, 3.8) is 0 Å². The number of amides is 1. The normalized spacial score (nSPS) is 24.9. The molecule has 1 aliphatic heterocycles. The fourth-order valence-corrected chi connectivity index (χ4v) is 6.66. The van der Waals surface area contributed by atoms with E-state index in [2.05, 4.69) is 16.0 Å². The van der Waals surface area contributed by atoms with Gasteiger partial charge in [-0.3, -0.25) is 4.79 Å². The molecule has 37 heavy (non-hydrogen) atoms. The Bertz CT molecular complexity index is 1050. The maximum atomic E-state index is 14.3. The topological polar surface area (TPSA) is 82.6 Å². The van der Waals surface area contributed by atoms with Crippen LogP contribution in [0.1, 0.15) is 69.5 Å². The first-order valence-electron chi connectivity index (χ1n) is 13.5. The predicted molar refractivity (Wildman–Crippen MR) is 139 cm³/mol. The van der Waals surface area contributed by atoms with Crippen molar-refractivity contribution in [2.24, 2.45) is 11.8 Å². The van der Waals surface area contributed by atoms with Gasteiger partial charge >= 0.3 is 0 Å². The average molecular weight is 514 g/mol. The molecule has 2 fully saturated rings. The highest BCUT2D eigenvalue weighted by Gasteiger charge is 2.56. The number of hydrogen-bond donors (Lipinski definition) is 4. The van der Waals surface area contributed by atoms with Gasteiger partial charge in [0.25, 0.3) is 0 Å². The summed E-state index contributed by atoms with van der Waals surface area (Å²) in [6.45, 7) is 0. The SMILES string of the molecule is COC(c1ccccc1)C1(C(C(=O)NC2CCC(O)CC2)C2CCCCC2)Nc2cc(F)c(F)cc2N1. The molecule has 0 bridgehead atoms. The summed E-state index contributed by atoms with van der Waals surface area (Å²) in [4.78, 5) is 14.3. The standard InChI is InChI=1S/C29H37F2N3O3/c1-37-27(19-10-6-3-7-11-19)29(33-24-16-22(30)23(31)17-25(24)34-29)26(18-8-4-2-5-9-18)28(36)32-20-12-14-21(35)15-13-20/h3,6-7,10-11,16-18,20-21,26-27,33-35H,2,4-5,8-9,12-15H2,1H3,(H,32,36). The van der Waals surface area contributed by atoms with Crippen molar-refractivity contribution >= 4 is 17.3 Å². The van der Waals surface area contributed by atoms with Crippen molar-refractivity contribution in [3.05, 3.63) is 59.7 Å². The maximum absolute atomic E-state index is 14.3. The van der Waals surface area contributed by atoms with Gasteiger partial charge in [0, 0.05) is 25.3 Å². The highest BCUT2D eigenvalue weighted by atomic mass is 19.2. The van der Waals surface area contributed by atoms with E-state index >= 15 is 0 Å². The summed E-state index contributed by atoms with van der Waals surface area (Å²) in [6.07, 6.45) is 6.78. The van der Waals surface area contributed by atoms with E-state index in [0.717, 1.165) is 62.6 Å². The molecule has 2 saturated carbocycles.